The van der Waals surface area contributed by atoms with E-state index in [1.807, 2.05) is 13.2 Å². The Kier molecular flexibility index (Phi) is 4.06. The number of aliphatic hydroxyl groups excluding tert-OH is 2. The van der Waals surface area contributed by atoms with Crippen molar-refractivity contribution in [1.82, 2.24) is 9.55 Å². The molecule has 0 spiro atoms. The van der Waals surface area contributed by atoms with Crippen molar-refractivity contribution in [3.8, 4) is 0 Å². The van der Waals surface area contributed by atoms with Crippen LogP contribution in [-0.2, 0) is 4.74 Å². The Morgan fingerprint density at radius 2 is 2.39 bits per heavy atom. The van der Waals surface area contributed by atoms with Crippen molar-refractivity contribution in [2.75, 3.05) is 12.9 Å². The topological polar surface area (TPSA) is 84.6 Å². The lowest BCUT2D eigenvalue weighted by atomic mass is 10.2. The highest BCUT2D eigenvalue weighted by Gasteiger charge is 2.35. The largest absolute Gasteiger partial charge is 0.394 e. The highest BCUT2D eigenvalue weighted by molar-refractivity contribution is 7.98. The molecule has 2 rings (SSSR count). The lowest BCUT2D eigenvalue weighted by molar-refractivity contribution is -0.0460. The molecule has 18 heavy (non-hydrogen) atoms. The molecule has 2 N–H and O–H groups in total. The van der Waals surface area contributed by atoms with Crippen LogP contribution in [-0.4, -0.2) is 44.8 Å². The Morgan fingerprint density at radius 1 is 1.67 bits per heavy atom. The summed E-state index contributed by atoms with van der Waals surface area (Å²) < 4.78 is 6.80. The number of rotatable bonds is 3. The molecule has 1 fully saturated rings. The van der Waals surface area contributed by atoms with Crippen LogP contribution in [0.25, 0.3) is 0 Å². The summed E-state index contributed by atoms with van der Waals surface area (Å²) in [5.74, 6) is 0. The zero-order valence-electron chi connectivity index (χ0n) is 10.2. The molecule has 0 aliphatic carbocycles. The molecule has 0 amide bonds. The van der Waals surface area contributed by atoms with Gasteiger partial charge in [-0.3, -0.25) is 4.57 Å². The van der Waals surface area contributed by atoms with Gasteiger partial charge in [0, 0.05) is 12.6 Å². The van der Waals surface area contributed by atoms with E-state index in [1.54, 1.807) is 6.20 Å². The van der Waals surface area contributed by atoms with E-state index < -0.39 is 24.1 Å². The summed E-state index contributed by atoms with van der Waals surface area (Å²) in [4.78, 5) is 15.8. The molecule has 1 aromatic heterocycles. The zero-order valence-corrected chi connectivity index (χ0v) is 11.1. The molecule has 0 bridgehead atoms. The average Bonchev–Trinajstić information content (AvgIpc) is 2.72. The zero-order chi connectivity index (χ0) is 13.3. The standard InChI is InChI=1S/C11H16N2O4S/c1-6-4-13(11(16)12-10(6)18-2)9-3-7(15)8(5-14)17-9/h4,7-9,14-15H,3,5H2,1-2H3/t7-,8+,9+/m0/s1. The monoisotopic (exact) mass is 272 g/mol. The Hall–Kier alpha value is -0.890. The molecule has 0 unspecified atom stereocenters. The van der Waals surface area contributed by atoms with Crippen LogP contribution in [0.5, 0.6) is 0 Å². The van der Waals surface area contributed by atoms with Crippen LogP contribution in [0.1, 0.15) is 18.2 Å². The Bertz CT molecular complexity index is 490. The van der Waals surface area contributed by atoms with Crippen LogP contribution in [0.3, 0.4) is 0 Å². The number of aryl methyl sites for hydroxylation is 1. The third-order valence-corrected chi connectivity index (χ3v) is 3.78. The molecule has 2 heterocycles. The molecule has 1 aliphatic rings. The molecule has 3 atom stereocenters. The lowest BCUT2D eigenvalue weighted by Crippen LogP contribution is -2.28. The minimum Gasteiger partial charge on any atom is -0.394 e. The summed E-state index contributed by atoms with van der Waals surface area (Å²) in [6, 6.07) is 0. The van der Waals surface area contributed by atoms with Gasteiger partial charge in [0.25, 0.3) is 0 Å². The normalized spacial score (nSPS) is 27.7. The van der Waals surface area contributed by atoms with E-state index in [4.69, 9.17) is 9.84 Å². The minimum absolute atomic E-state index is 0.262. The maximum atomic E-state index is 11.9. The van der Waals surface area contributed by atoms with Crippen LogP contribution in [0.2, 0.25) is 0 Å². The van der Waals surface area contributed by atoms with E-state index in [9.17, 15) is 9.90 Å². The predicted molar refractivity (Wildman–Crippen MR) is 66.6 cm³/mol. The van der Waals surface area contributed by atoms with Crippen molar-refractivity contribution in [1.29, 1.82) is 0 Å². The van der Waals surface area contributed by atoms with Gasteiger partial charge in [-0.25, -0.2) is 4.79 Å². The van der Waals surface area contributed by atoms with Gasteiger partial charge in [-0.2, -0.15) is 4.98 Å². The molecule has 0 saturated carbocycles. The Labute approximate surface area is 109 Å². The van der Waals surface area contributed by atoms with Crippen LogP contribution < -0.4 is 5.69 Å². The first kappa shape index (κ1) is 13.5. The highest BCUT2D eigenvalue weighted by atomic mass is 32.2. The van der Waals surface area contributed by atoms with Crippen molar-refractivity contribution in [2.45, 2.75) is 36.8 Å². The molecular formula is C11H16N2O4S. The van der Waals surface area contributed by atoms with Crippen LogP contribution in [0, 0.1) is 6.92 Å². The SMILES string of the molecule is CSc1nc(=O)n([C@H]2C[C@H](O)[C@@H](CO)O2)cc1C. The van der Waals surface area contributed by atoms with Crippen molar-refractivity contribution >= 4 is 11.8 Å². The Morgan fingerprint density at radius 3 is 2.94 bits per heavy atom. The minimum atomic E-state index is -0.757. The number of hydrogen-bond acceptors (Lipinski definition) is 6. The second-order valence-electron chi connectivity index (χ2n) is 4.24. The summed E-state index contributed by atoms with van der Waals surface area (Å²) in [5.41, 5.74) is 0.480. The van der Waals surface area contributed by atoms with E-state index >= 15 is 0 Å². The van der Waals surface area contributed by atoms with Crippen molar-refractivity contribution in [2.24, 2.45) is 0 Å². The summed E-state index contributed by atoms with van der Waals surface area (Å²) in [5, 5.41) is 19.4. The summed E-state index contributed by atoms with van der Waals surface area (Å²) >= 11 is 1.41. The number of ether oxygens (including phenoxy) is 1. The van der Waals surface area contributed by atoms with Gasteiger partial charge in [-0.1, -0.05) is 0 Å². The van der Waals surface area contributed by atoms with Gasteiger partial charge in [0.2, 0.25) is 0 Å². The Balaban J connectivity index is 2.30. The molecule has 0 radical (unpaired) electrons. The van der Waals surface area contributed by atoms with Crippen LogP contribution >= 0.6 is 11.8 Å². The van der Waals surface area contributed by atoms with Gasteiger partial charge >= 0.3 is 5.69 Å². The summed E-state index contributed by atoms with van der Waals surface area (Å²) in [7, 11) is 0. The first-order chi connectivity index (χ1) is 8.56. The van der Waals surface area contributed by atoms with Gasteiger partial charge in [-0.05, 0) is 18.7 Å². The van der Waals surface area contributed by atoms with Crippen molar-refractivity contribution in [3.05, 3.63) is 22.2 Å². The number of nitrogens with zero attached hydrogens (tertiary/aromatic N) is 2. The van der Waals surface area contributed by atoms with E-state index in [1.165, 1.54) is 16.3 Å². The molecule has 1 aromatic rings. The van der Waals surface area contributed by atoms with Crippen LogP contribution in [0.15, 0.2) is 16.0 Å². The third-order valence-electron chi connectivity index (χ3n) is 2.98. The molecule has 100 valence electrons. The number of aliphatic hydroxyl groups is 2. The first-order valence-corrected chi connectivity index (χ1v) is 6.87. The third kappa shape index (κ3) is 2.44. The molecule has 1 saturated heterocycles. The second kappa shape index (κ2) is 5.40. The fourth-order valence-corrected chi connectivity index (χ4v) is 2.56. The van der Waals surface area contributed by atoms with Gasteiger partial charge in [0.05, 0.1) is 12.7 Å². The molecule has 6 nitrogen and oxygen atoms in total. The van der Waals surface area contributed by atoms with Crippen LogP contribution in [0.4, 0.5) is 0 Å². The van der Waals surface area contributed by atoms with Gasteiger partial charge in [0.15, 0.2) is 0 Å². The summed E-state index contributed by atoms with van der Waals surface area (Å²) in [6.45, 7) is 1.60. The fraction of sp³-hybridized carbons (Fsp3) is 0.636. The maximum absolute atomic E-state index is 11.9. The number of hydrogen-bond donors (Lipinski definition) is 2. The fourth-order valence-electron chi connectivity index (χ4n) is 2.02. The second-order valence-corrected chi connectivity index (χ2v) is 5.03. The molecule has 7 heteroatoms. The predicted octanol–water partition coefficient (Wildman–Crippen LogP) is -0.0857. The molecular weight excluding hydrogens is 256 g/mol. The van der Waals surface area contributed by atoms with Gasteiger partial charge in [-0.15, -0.1) is 11.8 Å². The summed E-state index contributed by atoms with van der Waals surface area (Å²) in [6.07, 6.45) is 1.86. The quantitative estimate of drug-likeness (QED) is 0.591. The van der Waals surface area contributed by atoms with E-state index in [2.05, 4.69) is 4.98 Å². The van der Waals surface area contributed by atoms with E-state index in [0.29, 0.717) is 5.03 Å². The van der Waals surface area contributed by atoms with Crippen molar-refractivity contribution < 1.29 is 14.9 Å². The number of aromatic nitrogens is 2. The highest BCUT2D eigenvalue weighted by Crippen LogP contribution is 2.28. The maximum Gasteiger partial charge on any atom is 0.350 e. The first-order valence-electron chi connectivity index (χ1n) is 5.65. The molecule has 0 aromatic carbocycles. The van der Waals surface area contributed by atoms with Gasteiger partial charge in [0.1, 0.15) is 17.4 Å². The van der Waals surface area contributed by atoms with E-state index in [-0.39, 0.29) is 13.0 Å². The molecule has 1 aliphatic heterocycles. The lowest BCUT2D eigenvalue weighted by Gasteiger charge is -2.15. The van der Waals surface area contributed by atoms with E-state index in [0.717, 1.165) is 5.56 Å². The average molecular weight is 272 g/mol. The number of thioether (sulfide) groups is 1. The smallest absolute Gasteiger partial charge is 0.350 e. The van der Waals surface area contributed by atoms with Gasteiger partial charge < -0.3 is 14.9 Å². The van der Waals surface area contributed by atoms with Crippen molar-refractivity contribution in [3.63, 3.8) is 0 Å².